The van der Waals surface area contributed by atoms with Crippen molar-refractivity contribution in [2.24, 2.45) is 5.92 Å². The van der Waals surface area contributed by atoms with Crippen LogP contribution in [0, 0.1) is 5.92 Å². The van der Waals surface area contributed by atoms with Crippen molar-refractivity contribution in [1.29, 1.82) is 0 Å². The molecule has 0 N–H and O–H groups in total. The van der Waals surface area contributed by atoms with E-state index in [4.69, 9.17) is 13.3 Å². The summed E-state index contributed by atoms with van der Waals surface area (Å²) >= 11 is 0. The second-order valence-corrected chi connectivity index (χ2v) is 28.5. The zero-order valence-corrected chi connectivity index (χ0v) is 26.5. The van der Waals surface area contributed by atoms with E-state index in [1.165, 1.54) is 0 Å². The van der Waals surface area contributed by atoms with Crippen LogP contribution in [-0.4, -0.2) is 43.8 Å². The average Bonchev–Trinajstić information content (AvgIpc) is 2.50. The molecule has 3 atom stereocenters. The zero-order valence-electron chi connectivity index (χ0n) is 23.5. The third kappa shape index (κ3) is 7.64. The van der Waals surface area contributed by atoms with Gasteiger partial charge in [0.25, 0.3) is 0 Å². The van der Waals surface area contributed by atoms with Crippen molar-refractivity contribution in [2.75, 3.05) is 6.61 Å². The van der Waals surface area contributed by atoms with Gasteiger partial charge in [0.2, 0.25) is 0 Å². The third-order valence-electron chi connectivity index (χ3n) is 8.46. The maximum absolute atomic E-state index is 7.00. The summed E-state index contributed by atoms with van der Waals surface area (Å²) in [5, 5.41) is 0.614. The van der Waals surface area contributed by atoms with Crippen LogP contribution in [0.1, 0.15) is 68.7 Å². The number of hydrogen-bond donors (Lipinski definition) is 0. The molecule has 0 saturated heterocycles. The smallest absolute Gasteiger partial charge is 0.192 e. The van der Waals surface area contributed by atoms with E-state index in [0.717, 1.165) is 13.0 Å². The molecule has 0 aromatic rings. The first-order chi connectivity index (χ1) is 13.5. The Labute approximate surface area is 198 Å². The molecule has 0 fully saturated rings. The van der Waals surface area contributed by atoms with Gasteiger partial charge in [-0.1, -0.05) is 74.5 Å². The first kappa shape index (κ1) is 29.3. The van der Waals surface area contributed by atoms with E-state index < -0.39 is 25.0 Å². The Morgan fingerprint density at radius 2 is 1.06 bits per heavy atom. The Morgan fingerprint density at radius 3 is 1.48 bits per heavy atom. The molecular weight excluding hydrogens is 433 g/mol. The topological polar surface area (TPSA) is 27.7 Å². The van der Waals surface area contributed by atoms with Gasteiger partial charge in [-0.2, -0.15) is 0 Å². The summed E-state index contributed by atoms with van der Waals surface area (Å²) in [6.07, 6.45) is 5.86. The fraction of sp³-hybridized carbons (Fsp3) is 0.920. The molecule has 0 heterocycles. The molecule has 0 bridgehead atoms. The van der Waals surface area contributed by atoms with E-state index in [1.807, 2.05) is 0 Å². The third-order valence-corrected chi connectivity index (χ3v) is 22.0. The van der Waals surface area contributed by atoms with Gasteiger partial charge in [-0.25, -0.2) is 0 Å². The normalized spacial score (nSPS) is 24.5. The van der Waals surface area contributed by atoms with Crippen molar-refractivity contribution >= 4 is 25.0 Å². The van der Waals surface area contributed by atoms with Gasteiger partial charge in [-0.15, -0.1) is 0 Å². The van der Waals surface area contributed by atoms with Gasteiger partial charge in [-0.05, 0) is 54.4 Å². The second kappa shape index (κ2) is 9.49. The van der Waals surface area contributed by atoms with Crippen LogP contribution in [0.15, 0.2) is 12.2 Å². The molecule has 0 aromatic heterocycles. The first-order valence-corrected chi connectivity index (χ1v) is 20.9. The zero-order chi connectivity index (χ0) is 24.7. The lowest BCUT2D eigenvalue weighted by Gasteiger charge is -2.45. The van der Waals surface area contributed by atoms with Gasteiger partial charge in [0.05, 0.1) is 12.2 Å². The van der Waals surface area contributed by atoms with Gasteiger partial charge in [0.1, 0.15) is 0 Å². The minimum atomic E-state index is -1.89. The van der Waals surface area contributed by atoms with Crippen LogP contribution in [-0.2, 0) is 13.3 Å². The Morgan fingerprint density at radius 1 is 0.645 bits per heavy atom. The van der Waals surface area contributed by atoms with E-state index in [9.17, 15) is 0 Å². The van der Waals surface area contributed by atoms with Crippen LogP contribution in [0.4, 0.5) is 0 Å². The molecule has 3 nitrogen and oxygen atoms in total. The molecule has 0 spiro atoms. The highest BCUT2D eigenvalue weighted by Crippen LogP contribution is 2.43. The minimum absolute atomic E-state index is 0.139. The molecule has 6 heteroatoms. The fourth-order valence-corrected chi connectivity index (χ4v) is 6.60. The highest BCUT2D eigenvalue weighted by atomic mass is 28.4. The molecular formula is C25H54O3Si3. The lowest BCUT2D eigenvalue weighted by atomic mass is 9.92. The maximum Gasteiger partial charge on any atom is 0.192 e. The van der Waals surface area contributed by atoms with Crippen molar-refractivity contribution in [3.05, 3.63) is 12.2 Å². The Kier molecular flexibility index (Phi) is 8.97. The van der Waals surface area contributed by atoms with Crippen molar-refractivity contribution in [3.63, 3.8) is 0 Å². The van der Waals surface area contributed by atoms with Crippen LogP contribution in [0.2, 0.25) is 54.4 Å². The molecule has 1 rings (SSSR count). The SMILES string of the molecule is CC(C)(C)[Si](C)(C)OC[C@H]1C=C[C@@H](O[Si](C)(C)C(C)(C)C)C[C@@H]1O[Si](C)(C)C(C)(C)C. The fourth-order valence-electron chi connectivity index (χ4n) is 2.89. The molecule has 0 amide bonds. The summed E-state index contributed by atoms with van der Waals surface area (Å²) in [5.74, 6) is 0.294. The second-order valence-electron chi connectivity index (χ2n) is 14.2. The largest absolute Gasteiger partial charge is 0.416 e. The molecule has 0 saturated carbocycles. The lowest BCUT2D eigenvalue weighted by Crippen LogP contribution is -2.51. The van der Waals surface area contributed by atoms with Gasteiger partial charge in [-0.3, -0.25) is 0 Å². The van der Waals surface area contributed by atoms with E-state index in [0.29, 0.717) is 5.92 Å². The molecule has 31 heavy (non-hydrogen) atoms. The maximum atomic E-state index is 7.00. The van der Waals surface area contributed by atoms with Gasteiger partial charge < -0.3 is 13.3 Å². The van der Waals surface area contributed by atoms with Crippen molar-refractivity contribution < 1.29 is 13.3 Å². The van der Waals surface area contributed by atoms with Gasteiger partial charge in [0.15, 0.2) is 25.0 Å². The predicted molar refractivity (Wildman–Crippen MR) is 145 cm³/mol. The summed E-state index contributed by atoms with van der Waals surface area (Å²) < 4.78 is 20.4. The monoisotopic (exact) mass is 486 g/mol. The van der Waals surface area contributed by atoms with E-state index in [-0.39, 0.29) is 27.3 Å². The highest BCUT2D eigenvalue weighted by molar-refractivity contribution is 6.75. The summed E-state index contributed by atoms with van der Waals surface area (Å²) in [6.45, 7) is 35.7. The molecule has 0 radical (unpaired) electrons. The van der Waals surface area contributed by atoms with Gasteiger partial charge >= 0.3 is 0 Å². The van der Waals surface area contributed by atoms with Crippen LogP contribution in [0.25, 0.3) is 0 Å². The summed E-state index contributed by atoms with van der Waals surface area (Å²) in [5.41, 5.74) is 0. The standard InChI is InChI=1S/C25H54O3Si3/c1-23(2,3)29(10,11)26-19-20-16-17-21(27-30(12,13)24(4,5)6)18-22(20)28-31(14,15)25(7,8)9/h16-17,20-22H,18-19H2,1-15H3/t20-,21-,22+/m1/s1. The molecule has 0 aromatic carbocycles. The Bertz CT molecular complexity index is 619. The molecule has 0 unspecified atom stereocenters. The van der Waals surface area contributed by atoms with Crippen LogP contribution in [0.5, 0.6) is 0 Å². The summed E-state index contributed by atoms with van der Waals surface area (Å²) in [4.78, 5) is 0. The van der Waals surface area contributed by atoms with Crippen molar-refractivity contribution in [1.82, 2.24) is 0 Å². The lowest BCUT2D eigenvalue weighted by molar-refractivity contribution is 0.0550. The quantitative estimate of drug-likeness (QED) is 0.267. The first-order valence-electron chi connectivity index (χ1n) is 12.2. The van der Waals surface area contributed by atoms with E-state index in [1.54, 1.807) is 0 Å². The minimum Gasteiger partial charge on any atom is -0.416 e. The molecule has 1 aliphatic rings. The van der Waals surface area contributed by atoms with E-state index in [2.05, 4.69) is 114 Å². The molecule has 0 aliphatic heterocycles. The van der Waals surface area contributed by atoms with E-state index >= 15 is 0 Å². The molecule has 1 aliphatic carbocycles. The van der Waals surface area contributed by atoms with Crippen LogP contribution < -0.4 is 0 Å². The number of hydrogen-bond acceptors (Lipinski definition) is 3. The summed E-state index contributed by atoms with van der Waals surface area (Å²) in [7, 11) is -5.52. The number of rotatable bonds is 7. The average molecular weight is 487 g/mol. The van der Waals surface area contributed by atoms with Crippen molar-refractivity contribution in [3.8, 4) is 0 Å². The van der Waals surface area contributed by atoms with Crippen LogP contribution >= 0.6 is 0 Å². The Hall–Kier alpha value is 0.271. The predicted octanol–water partition coefficient (Wildman–Crippen LogP) is 8.37. The van der Waals surface area contributed by atoms with Crippen LogP contribution in [0.3, 0.4) is 0 Å². The van der Waals surface area contributed by atoms with Gasteiger partial charge in [0, 0.05) is 18.9 Å². The molecule has 184 valence electrons. The van der Waals surface area contributed by atoms with Crippen molar-refractivity contribution in [2.45, 2.75) is 135 Å². The highest BCUT2D eigenvalue weighted by Gasteiger charge is 2.45. The summed E-state index contributed by atoms with van der Waals surface area (Å²) in [6, 6.07) is 0. The Balaban J connectivity index is 3.11.